The van der Waals surface area contributed by atoms with Crippen LogP contribution < -0.4 is 5.32 Å². The molecule has 0 bridgehead atoms. The van der Waals surface area contributed by atoms with Crippen LogP contribution in [-0.4, -0.2) is 26.8 Å². The maximum atomic E-state index is 13.7. The summed E-state index contributed by atoms with van der Waals surface area (Å²) < 4.78 is 39.1. The van der Waals surface area contributed by atoms with Gasteiger partial charge in [0.05, 0.1) is 17.3 Å². The van der Waals surface area contributed by atoms with E-state index in [1.807, 2.05) is 6.07 Å². The molecular weight excluding hydrogens is 325 g/mol. The highest BCUT2D eigenvalue weighted by Crippen LogP contribution is 2.25. The van der Waals surface area contributed by atoms with E-state index in [9.17, 15) is 12.8 Å². The fourth-order valence-electron chi connectivity index (χ4n) is 1.68. The van der Waals surface area contributed by atoms with Crippen molar-refractivity contribution in [3.63, 3.8) is 0 Å². The molecule has 0 amide bonds. The van der Waals surface area contributed by atoms with Gasteiger partial charge in [-0.15, -0.1) is 11.3 Å². The summed E-state index contributed by atoms with van der Waals surface area (Å²) in [6.45, 7) is 0.302. The van der Waals surface area contributed by atoms with Gasteiger partial charge in [0.1, 0.15) is 10.0 Å². The second kappa shape index (κ2) is 6.44. The van der Waals surface area contributed by atoms with Crippen LogP contribution in [-0.2, 0) is 16.6 Å². The van der Waals surface area contributed by atoms with Gasteiger partial charge in [0.2, 0.25) is 0 Å². The Morgan fingerprint density at radius 3 is 2.64 bits per heavy atom. The largest absolute Gasteiger partial charge is 0.378 e. The molecule has 0 saturated carbocycles. The number of anilines is 1. The molecule has 0 spiro atoms. The molecule has 0 atom stereocenters. The van der Waals surface area contributed by atoms with Crippen molar-refractivity contribution in [1.29, 1.82) is 5.26 Å². The summed E-state index contributed by atoms with van der Waals surface area (Å²) in [5.74, 6) is -0.517. The summed E-state index contributed by atoms with van der Waals surface area (Å²) in [4.78, 5) is 0.768. The summed E-state index contributed by atoms with van der Waals surface area (Å²) in [6, 6.07) is 9.24. The molecule has 0 radical (unpaired) electrons. The lowest BCUT2D eigenvalue weighted by Gasteiger charge is -2.08. The first-order valence-electron chi connectivity index (χ1n) is 6.29. The Hall–Kier alpha value is -1.95. The fraction of sp³-hybridized carbons (Fsp3) is 0.214. The molecule has 0 aliphatic carbocycles. The zero-order chi connectivity index (χ0) is 16.3. The van der Waals surface area contributed by atoms with Crippen LogP contribution in [0.2, 0.25) is 0 Å². The van der Waals surface area contributed by atoms with E-state index in [1.165, 1.54) is 32.3 Å². The van der Waals surface area contributed by atoms with Crippen molar-refractivity contribution in [2.75, 3.05) is 19.4 Å². The van der Waals surface area contributed by atoms with Crippen LogP contribution >= 0.6 is 11.3 Å². The molecular formula is C14H14FN3O2S2. The van der Waals surface area contributed by atoms with E-state index in [0.717, 1.165) is 26.6 Å². The van der Waals surface area contributed by atoms with Gasteiger partial charge in [0.15, 0.2) is 0 Å². The van der Waals surface area contributed by atoms with Gasteiger partial charge >= 0.3 is 0 Å². The second-order valence-electron chi connectivity index (χ2n) is 4.67. The maximum absolute atomic E-state index is 13.7. The first kappa shape index (κ1) is 16.4. The normalized spacial score (nSPS) is 11.4. The van der Waals surface area contributed by atoms with Crippen LogP contribution in [0.15, 0.2) is 34.5 Å². The van der Waals surface area contributed by atoms with E-state index in [1.54, 1.807) is 6.07 Å². The lowest BCUT2D eigenvalue weighted by molar-refractivity contribution is 0.523. The van der Waals surface area contributed by atoms with Gasteiger partial charge in [-0.2, -0.15) is 5.26 Å². The monoisotopic (exact) mass is 339 g/mol. The van der Waals surface area contributed by atoms with E-state index in [2.05, 4.69) is 5.32 Å². The highest BCUT2D eigenvalue weighted by molar-refractivity contribution is 7.91. The van der Waals surface area contributed by atoms with E-state index < -0.39 is 15.8 Å². The van der Waals surface area contributed by atoms with Crippen molar-refractivity contribution in [3.8, 4) is 6.07 Å². The van der Waals surface area contributed by atoms with Crippen molar-refractivity contribution >= 4 is 27.0 Å². The fourth-order valence-corrected chi connectivity index (χ4v) is 4.15. The van der Waals surface area contributed by atoms with Gasteiger partial charge in [-0.25, -0.2) is 17.1 Å². The van der Waals surface area contributed by atoms with Gasteiger partial charge in [-0.3, -0.25) is 0 Å². The smallest absolute Gasteiger partial charge is 0.252 e. The summed E-state index contributed by atoms with van der Waals surface area (Å²) in [5.41, 5.74) is 0.517. The minimum absolute atomic E-state index is 0.245. The number of halogens is 1. The molecule has 5 nitrogen and oxygen atoms in total. The Kier molecular flexibility index (Phi) is 4.81. The molecule has 0 unspecified atom stereocenters. The quantitative estimate of drug-likeness (QED) is 0.909. The van der Waals surface area contributed by atoms with E-state index in [0.29, 0.717) is 6.54 Å². The molecule has 1 aromatic heterocycles. The third kappa shape index (κ3) is 3.44. The predicted octanol–water partition coefficient (Wildman–Crippen LogP) is 2.62. The van der Waals surface area contributed by atoms with Crippen LogP contribution in [0.25, 0.3) is 0 Å². The number of sulfonamides is 1. The molecule has 1 heterocycles. The summed E-state index contributed by atoms with van der Waals surface area (Å²) in [5, 5.41) is 11.6. The molecule has 0 saturated heterocycles. The number of nitrogens with one attached hydrogen (secondary N) is 1. The minimum Gasteiger partial charge on any atom is -0.378 e. The second-order valence-corrected chi connectivity index (χ2v) is 8.22. The van der Waals surface area contributed by atoms with Crippen LogP contribution in [0.5, 0.6) is 0 Å². The van der Waals surface area contributed by atoms with Crippen LogP contribution in [0.3, 0.4) is 0 Å². The maximum Gasteiger partial charge on any atom is 0.252 e. The average Bonchev–Trinajstić information content (AvgIpc) is 2.95. The first-order chi connectivity index (χ1) is 10.3. The average molecular weight is 339 g/mol. The Morgan fingerprint density at radius 1 is 1.32 bits per heavy atom. The molecule has 116 valence electrons. The lowest BCUT2D eigenvalue weighted by Crippen LogP contribution is -2.21. The van der Waals surface area contributed by atoms with Crippen molar-refractivity contribution in [1.82, 2.24) is 4.31 Å². The number of benzene rings is 1. The molecule has 2 rings (SSSR count). The minimum atomic E-state index is -3.44. The van der Waals surface area contributed by atoms with E-state index in [-0.39, 0.29) is 15.5 Å². The van der Waals surface area contributed by atoms with Crippen LogP contribution in [0.4, 0.5) is 10.1 Å². The van der Waals surface area contributed by atoms with E-state index >= 15 is 0 Å². The number of hydrogen-bond donors (Lipinski definition) is 1. The number of nitriles is 1. The third-order valence-corrected chi connectivity index (χ3v) is 6.29. The molecule has 0 aliphatic heterocycles. The summed E-state index contributed by atoms with van der Waals surface area (Å²) in [7, 11) is -0.500. The first-order valence-corrected chi connectivity index (χ1v) is 8.55. The highest BCUT2D eigenvalue weighted by Gasteiger charge is 2.19. The molecule has 1 N–H and O–H groups in total. The topological polar surface area (TPSA) is 73.2 Å². The highest BCUT2D eigenvalue weighted by atomic mass is 32.2. The molecule has 2 aromatic rings. The Labute approximate surface area is 132 Å². The lowest BCUT2D eigenvalue weighted by atomic mass is 10.2. The van der Waals surface area contributed by atoms with Crippen LogP contribution in [0.1, 0.15) is 10.4 Å². The molecule has 8 heteroatoms. The predicted molar refractivity (Wildman–Crippen MR) is 83.6 cm³/mol. The van der Waals surface area contributed by atoms with E-state index in [4.69, 9.17) is 5.26 Å². The van der Waals surface area contributed by atoms with Gasteiger partial charge in [0, 0.05) is 25.5 Å². The summed E-state index contributed by atoms with van der Waals surface area (Å²) >= 11 is 1.13. The molecule has 22 heavy (non-hydrogen) atoms. The number of rotatable bonds is 5. The molecule has 0 fully saturated rings. The Bertz CT molecular complexity index is 823. The standard InChI is InChI=1S/C14H14FN3O2S2/c1-18(2)22(19,20)14-6-4-11(21-14)9-17-13-5-3-10(8-16)7-12(13)15/h3-7,17H,9H2,1-2H3. The SMILES string of the molecule is CN(C)S(=O)(=O)c1ccc(CNc2ccc(C#N)cc2F)s1. The van der Waals surface area contributed by atoms with Gasteiger partial charge < -0.3 is 5.32 Å². The van der Waals surface area contributed by atoms with Crippen molar-refractivity contribution in [3.05, 3.63) is 46.6 Å². The number of hydrogen-bond acceptors (Lipinski definition) is 5. The van der Waals surface area contributed by atoms with Crippen molar-refractivity contribution < 1.29 is 12.8 Å². The van der Waals surface area contributed by atoms with Gasteiger partial charge in [-0.05, 0) is 30.3 Å². The number of thiophene rings is 1. The van der Waals surface area contributed by atoms with Crippen LogP contribution in [0, 0.1) is 17.1 Å². The van der Waals surface area contributed by atoms with Crippen molar-refractivity contribution in [2.24, 2.45) is 0 Å². The number of nitrogens with zero attached hydrogens (tertiary/aromatic N) is 2. The Balaban J connectivity index is 2.11. The molecule has 1 aromatic carbocycles. The molecule has 0 aliphatic rings. The Morgan fingerprint density at radius 2 is 2.05 bits per heavy atom. The van der Waals surface area contributed by atoms with Gasteiger partial charge in [-0.1, -0.05) is 0 Å². The van der Waals surface area contributed by atoms with Crippen molar-refractivity contribution in [2.45, 2.75) is 10.8 Å². The zero-order valence-corrected chi connectivity index (χ0v) is 13.6. The third-order valence-electron chi connectivity index (χ3n) is 2.92. The zero-order valence-electron chi connectivity index (χ0n) is 12.0. The van der Waals surface area contributed by atoms with Gasteiger partial charge in [0.25, 0.3) is 10.0 Å². The summed E-state index contributed by atoms with van der Waals surface area (Å²) in [6.07, 6.45) is 0.